The molecule has 1 atom stereocenters. The molecule has 0 aliphatic carbocycles. The number of carbonyl (C=O) groups is 2. The molecule has 2 aromatic rings. The molecule has 2 fully saturated rings. The summed E-state index contributed by atoms with van der Waals surface area (Å²) in [4.78, 5) is 31.1. The van der Waals surface area contributed by atoms with Crippen molar-refractivity contribution >= 4 is 45.2 Å². The van der Waals surface area contributed by atoms with E-state index in [1.807, 2.05) is 36.4 Å². The van der Waals surface area contributed by atoms with Gasteiger partial charge in [0.05, 0.1) is 11.7 Å². The minimum Gasteiger partial charge on any atom is -0.322 e. The van der Waals surface area contributed by atoms with Crippen LogP contribution in [0.2, 0.25) is 5.02 Å². The van der Waals surface area contributed by atoms with E-state index in [1.165, 1.54) is 10.5 Å². The number of urea groups is 1. The van der Waals surface area contributed by atoms with Gasteiger partial charge in [-0.15, -0.1) is 0 Å². The van der Waals surface area contributed by atoms with Gasteiger partial charge in [-0.05, 0) is 74.2 Å². The largest absolute Gasteiger partial charge is 0.331 e. The first kappa shape index (κ1) is 22.3. The molecule has 2 aliphatic rings. The molecular formula is C24H27BrClN3O2. The second-order valence-corrected chi connectivity index (χ2v) is 9.79. The summed E-state index contributed by atoms with van der Waals surface area (Å²) in [6, 6.07) is 14.8. The standard InChI is InChI=1S/C24H27BrClN3O2/c1-27-21(15-23(30)29(24(27)31)20-5-3-2-4-6-20)16-28-11-9-17(10-12-28)13-18-14-19(26)7-8-22(18)25/h2-8,14,17,21H,9-13,15-16H2,1H3. The van der Waals surface area contributed by atoms with E-state index in [0.717, 1.165) is 48.4 Å². The number of imide groups is 1. The van der Waals surface area contributed by atoms with E-state index < -0.39 is 0 Å². The zero-order valence-corrected chi connectivity index (χ0v) is 20.0. The number of halogens is 2. The number of nitrogens with zero attached hydrogens (tertiary/aromatic N) is 3. The molecule has 0 N–H and O–H groups in total. The highest BCUT2D eigenvalue weighted by Gasteiger charge is 2.38. The number of para-hydroxylation sites is 1. The maximum absolute atomic E-state index is 12.9. The number of hydrogen-bond acceptors (Lipinski definition) is 3. The molecule has 7 heteroatoms. The normalized spacial score (nSPS) is 21.1. The van der Waals surface area contributed by atoms with Gasteiger partial charge >= 0.3 is 6.03 Å². The average molecular weight is 505 g/mol. The minimum absolute atomic E-state index is 0.0846. The summed E-state index contributed by atoms with van der Waals surface area (Å²) < 4.78 is 1.11. The molecule has 2 saturated heterocycles. The van der Waals surface area contributed by atoms with Crippen LogP contribution in [0.25, 0.3) is 0 Å². The quantitative estimate of drug-likeness (QED) is 0.561. The van der Waals surface area contributed by atoms with E-state index in [2.05, 4.69) is 20.8 Å². The SMILES string of the molecule is CN1C(=O)N(c2ccccc2)C(=O)CC1CN1CCC(Cc2cc(Cl)ccc2Br)CC1. The van der Waals surface area contributed by atoms with Crippen LogP contribution in [-0.4, -0.2) is 54.5 Å². The number of rotatable bonds is 5. The molecule has 31 heavy (non-hydrogen) atoms. The molecule has 0 radical (unpaired) electrons. The number of hydrogen-bond donors (Lipinski definition) is 0. The Kier molecular flexibility index (Phi) is 6.99. The number of anilines is 1. The van der Waals surface area contributed by atoms with Gasteiger partial charge in [-0.2, -0.15) is 0 Å². The van der Waals surface area contributed by atoms with E-state index in [-0.39, 0.29) is 18.0 Å². The van der Waals surface area contributed by atoms with Crippen LogP contribution in [0.3, 0.4) is 0 Å². The first-order chi connectivity index (χ1) is 14.9. The molecule has 1 unspecified atom stereocenters. The van der Waals surface area contributed by atoms with Gasteiger partial charge in [0.2, 0.25) is 5.91 Å². The lowest BCUT2D eigenvalue weighted by molar-refractivity contribution is -0.120. The maximum atomic E-state index is 12.9. The topological polar surface area (TPSA) is 43.9 Å². The van der Waals surface area contributed by atoms with Gasteiger partial charge in [-0.1, -0.05) is 45.7 Å². The van der Waals surface area contributed by atoms with Crippen molar-refractivity contribution in [2.75, 3.05) is 31.6 Å². The molecule has 4 rings (SSSR count). The van der Waals surface area contributed by atoms with Crippen molar-refractivity contribution in [1.82, 2.24) is 9.80 Å². The Morgan fingerprint density at radius 1 is 1.06 bits per heavy atom. The van der Waals surface area contributed by atoms with Crippen LogP contribution in [0.5, 0.6) is 0 Å². The maximum Gasteiger partial charge on any atom is 0.331 e. The van der Waals surface area contributed by atoms with E-state index in [0.29, 0.717) is 18.0 Å². The molecule has 0 saturated carbocycles. The Morgan fingerprint density at radius 3 is 2.48 bits per heavy atom. The highest BCUT2D eigenvalue weighted by molar-refractivity contribution is 9.10. The van der Waals surface area contributed by atoms with Crippen LogP contribution in [0, 0.1) is 5.92 Å². The fourth-order valence-electron chi connectivity index (χ4n) is 4.55. The van der Waals surface area contributed by atoms with Crippen molar-refractivity contribution in [3.8, 4) is 0 Å². The van der Waals surface area contributed by atoms with Crippen LogP contribution in [0.15, 0.2) is 53.0 Å². The highest BCUT2D eigenvalue weighted by atomic mass is 79.9. The third kappa shape index (κ3) is 5.13. The van der Waals surface area contributed by atoms with Crippen LogP contribution >= 0.6 is 27.5 Å². The van der Waals surface area contributed by atoms with Crippen molar-refractivity contribution in [3.63, 3.8) is 0 Å². The summed E-state index contributed by atoms with van der Waals surface area (Å²) >= 11 is 9.79. The molecule has 5 nitrogen and oxygen atoms in total. The van der Waals surface area contributed by atoms with E-state index >= 15 is 0 Å². The van der Waals surface area contributed by atoms with Gasteiger partial charge in [0, 0.05) is 29.5 Å². The van der Waals surface area contributed by atoms with Crippen molar-refractivity contribution in [3.05, 3.63) is 63.6 Å². The van der Waals surface area contributed by atoms with Crippen molar-refractivity contribution in [2.45, 2.75) is 31.7 Å². The lowest BCUT2D eigenvalue weighted by Gasteiger charge is -2.41. The fraction of sp³-hybridized carbons (Fsp3) is 0.417. The first-order valence-corrected chi connectivity index (χ1v) is 11.9. The van der Waals surface area contributed by atoms with E-state index in [9.17, 15) is 9.59 Å². The summed E-state index contributed by atoms with van der Waals surface area (Å²) in [6.07, 6.45) is 3.58. The molecule has 0 spiro atoms. The second kappa shape index (κ2) is 9.72. The number of likely N-dealkylation sites (tertiary alicyclic amines) is 1. The zero-order valence-electron chi connectivity index (χ0n) is 17.6. The summed E-state index contributed by atoms with van der Waals surface area (Å²) in [7, 11) is 1.80. The summed E-state index contributed by atoms with van der Waals surface area (Å²) in [5.74, 6) is 0.493. The third-order valence-corrected chi connectivity index (χ3v) is 7.42. The van der Waals surface area contributed by atoms with Crippen LogP contribution in [-0.2, 0) is 11.2 Å². The predicted octanol–water partition coefficient (Wildman–Crippen LogP) is 5.21. The number of benzene rings is 2. The zero-order chi connectivity index (χ0) is 22.0. The lowest BCUT2D eigenvalue weighted by atomic mass is 9.90. The highest BCUT2D eigenvalue weighted by Crippen LogP contribution is 2.29. The number of piperidine rings is 1. The molecule has 2 aromatic carbocycles. The summed E-state index contributed by atoms with van der Waals surface area (Å²) in [6.45, 7) is 2.71. The monoisotopic (exact) mass is 503 g/mol. The summed E-state index contributed by atoms with van der Waals surface area (Å²) in [5.41, 5.74) is 1.89. The van der Waals surface area contributed by atoms with E-state index in [4.69, 9.17) is 11.6 Å². The Balaban J connectivity index is 1.32. The second-order valence-electron chi connectivity index (χ2n) is 8.50. The minimum atomic E-state index is -0.242. The molecule has 164 valence electrons. The molecule has 3 amide bonds. The Labute approximate surface area is 197 Å². The molecular weight excluding hydrogens is 478 g/mol. The van der Waals surface area contributed by atoms with Gasteiger partial charge in [0.1, 0.15) is 0 Å². The molecule has 2 heterocycles. The van der Waals surface area contributed by atoms with Gasteiger partial charge in [-0.25, -0.2) is 9.69 Å². The van der Waals surface area contributed by atoms with Crippen molar-refractivity contribution < 1.29 is 9.59 Å². The van der Waals surface area contributed by atoms with E-state index in [1.54, 1.807) is 24.1 Å². The number of likely N-dealkylation sites (N-methyl/N-ethyl adjacent to an activating group) is 1. The number of carbonyl (C=O) groups excluding carboxylic acids is 2. The van der Waals surface area contributed by atoms with Gasteiger partial charge in [0.15, 0.2) is 0 Å². The third-order valence-electron chi connectivity index (χ3n) is 6.41. The van der Waals surface area contributed by atoms with Gasteiger partial charge in [0.25, 0.3) is 0 Å². The van der Waals surface area contributed by atoms with Crippen LogP contribution in [0.4, 0.5) is 10.5 Å². The summed E-state index contributed by atoms with van der Waals surface area (Å²) in [5, 5.41) is 0.773. The Bertz CT molecular complexity index is 947. The fourth-order valence-corrected chi connectivity index (χ4v) is 5.15. The van der Waals surface area contributed by atoms with Gasteiger partial charge < -0.3 is 9.80 Å². The Hall–Kier alpha value is -1.89. The predicted molar refractivity (Wildman–Crippen MR) is 128 cm³/mol. The molecule has 0 bridgehead atoms. The lowest BCUT2D eigenvalue weighted by Crippen LogP contribution is -2.58. The smallest absolute Gasteiger partial charge is 0.322 e. The first-order valence-electron chi connectivity index (χ1n) is 10.7. The average Bonchev–Trinajstić information content (AvgIpc) is 2.76. The molecule has 0 aromatic heterocycles. The van der Waals surface area contributed by atoms with Crippen molar-refractivity contribution in [1.29, 1.82) is 0 Å². The van der Waals surface area contributed by atoms with Gasteiger partial charge in [-0.3, -0.25) is 4.79 Å². The molecule has 2 aliphatic heterocycles. The van der Waals surface area contributed by atoms with Crippen LogP contribution in [0.1, 0.15) is 24.8 Å². The van der Waals surface area contributed by atoms with Crippen molar-refractivity contribution in [2.24, 2.45) is 5.92 Å². The number of amides is 3. The Morgan fingerprint density at radius 2 is 1.77 bits per heavy atom. The van der Waals surface area contributed by atoms with Crippen LogP contribution < -0.4 is 4.90 Å².